The van der Waals surface area contributed by atoms with Crippen molar-refractivity contribution in [3.05, 3.63) is 23.8 Å². The molecule has 102 valence electrons. The summed E-state index contributed by atoms with van der Waals surface area (Å²) in [6.45, 7) is 1.44. The fraction of sp³-hybridized carbons (Fsp3) is 0.500. The highest BCUT2D eigenvalue weighted by atomic mass is 16.4. The average Bonchev–Trinajstić information content (AvgIpc) is 3.22. The van der Waals surface area contributed by atoms with E-state index in [9.17, 15) is 9.59 Å². The third kappa shape index (κ3) is 3.99. The quantitative estimate of drug-likeness (QED) is 0.589. The first-order chi connectivity index (χ1) is 9.18. The molecule has 0 atom stereocenters. The van der Waals surface area contributed by atoms with Crippen molar-refractivity contribution in [2.24, 2.45) is 5.92 Å². The Hall–Kier alpha value is -2.02. The fourth-order valence-electron chi connectivity index (χ4n) is 1.65. The summed E-state index contributed by atoms with van der Waals surface area (Å²) >= 11 is 0. The Morgan fingerprint density at radius 3 is 2.84 bits per heavy atom. The zero-order chi connectivity index (χ0) is 13.7. The first kappa shape index (κ1) is 13.4. The molecule has 0 saturated heterocycles. The minimum absolute atomic E-state index is 0.0945. The Morgan fingerprint density at radius 1 is 1.37 bits per heavy atom. The summed E-state index contributed by atoms with van der Waals surface area (Å²) in [5, 5.41) is 14.8. The minimum atomic E-state index is -1.04. The number of rotatable bonds is 7. The molecule has 19 heavy (non-hydrogen) atoms. The molecule has 1 fully saturated rings. The third-order valence-electron chi connectivity index (χ3n) is 2.87. The monoisotopic (exact) mass is 264 g/mol. The number of carbonyl (C=O) groups is 2. The van der Waals surface area contributed by atoms with Gasteiger partial charge in [-0.25, -0.2) is 14.8 Å². The normalized spacial score (nSPS) is 14.1. The predicted octanol–water partition coefficient (Wildman–Crippen LogP) is -0.209. The van der Waals surface area contributed by atoms with Crippen LogP contribution >= 0.6 is 0 Å². The number of hydrogen-bond acceptors (Lipinski definition) is 5. The zero-order valence-corrected chi connectivity index (χ0v) is 10.4. The molecule has 0 unspecified atom stereocenters. The van der Waals surface area contributed by atoms with Crippen LogP contribution in [0.2, 0.25) is 0 Å². The van der Waals surface area contributed by atoms with E-state index in [4.69, 9.17) is 5.11 Å². The molecular formula is C12H16N4O3. The molecule has 1 amide bonds. The summed E-state index contributed by atoms with van der Waals surface area (Å²) in [6.07, 6.45) is 4.57. The molecule has 1 heterocycles. The van der Waals surface area contributed by atoms with Crippen molar-refractivity contribution < 1.29 is 14.7 Å². The first-order valence-electron chi connectivity index (χ1n) is 6.19. The van der Waals surface area contributed by atoms with Crippen molar-refractivity contribution in [2.45, 2.75) is 19.4 Å². The van der Waals surface area contributed by atoms with Gasteiger partial charge < -0.3 is 15.7 Å². The number of nitrogens with zero attached hydrogens (tertiary/aromatic N) is 2. The molecule has 1 aliphatic carbocycles. The lowest BCUT2D eigenvalue weighted by molar-refractivity contribution is -0.122. The molecule has 2 rings (SSSR count). The van der Waals surface area contributed by atoms with Crippen LogP contribution in [0.5, 0.6) is 0 Å². The van der Waals surface area contributed by atoms with Gasteiger partial charge >= 0.3 is 5.97 Å². The maximum atomic E-state index is 11.3. The summed E-state index contributed by atoms with van der Waals surface area (Å²) in [7, 11) is 0. The molecule has 7 nitrogen and oxygen atoms in total. The third-order valence-corrected chi connectivity index (χ3v) is 2.87. The number of aromatic nitrogens is 2. The number of aromatic carboxylic acids is 1. The van der Waals surface area contributed by atoms with E-state index in [0.29, 0.717) is 25.3 Å². The lowest BCUT2D eigenvalue weighted by Crippen LogP contribution is -2.32. The Balaban J connectivity index is 1.70. The topological polar surface area (TPSA) is 104 Å². The molecule has 0 radical (unpaired) electrons. The van der Waals surface area contributed by atoms with Gasteiger partial charge in [0, 0.05) is 31.7 Å². The van der Waals surface area contributed by atoms with E-state index >= 15 is 0 Å². The van der Waals surface area contributed by atoms with E-state index in [-0.39, 0.29) is 17.4 Å². The van der Waals surface area contributed by atoms with Gasteiger partial charge in [-0.3, -0.25) is 4.79 Å². The van der Waals surface area contributed by atoms with Crippen molar-refractivity contribution in [2.75, 3.05) is 13.1 Å². The Kier molecular flexibility index (Phi) is 4.40. The van der Waals surface area contributed by atoms with Crippen molar-refractivity contribution in [3.8, 4) is 0 Å². The Morgan fingerprint density at radius 2 is 2.16 bits per heavy atom. The summed E-state index contributed by atoms with van der Waals surface area (Å²) < 4.78 is 0. The van der Waals surface area contributed by atoms with Gasteiger partial charge in [-0.1, -0.05) is 0 Å². The van der Waals surface area contributed by atoms with Crippen LogP contribution in [0.25, 0.3) is 0 Å². The maximum Gasteiger partial charge on any atom is 0.339 e. The molecule has 1 saturated carbocycles. The Labute approximate surface area is 110 Å². The molecule has 0 aliphatic heterocycles. The highest BCUT2D eigenvalue weighted by Crippen LogP contribution is 2.28. The number of carbonyl (C=O) groups excluding carboxylic acids is 1. The van der Waals surface area contributed by atoms with Crippen molar-refractivity contribution >= 4 is 11.9 Å². The lowest BCUT2D eigenvalue weighted by Gasteiger charge is -2.07. The largest absolute Gasteiger partial charge is 0.478 e. The van der Waals surface area contributed by atoms with Crippen molar-refractivity contribution in [1.82, 2.24) is 20.6 Å². The van der Waals surface area contributed by atoms with Gasteiger partial charge in [0.15, 0.2) is 0 Å². The van der Waals surface area contributed by atoms with Crippen molar-refractivity contribution in [1.29, 1.82) is 0 Å². The number of carboxylic acid groups (broad SMARTS) is 1. The van der Waals surface area contributed by atoms with Crippen LogP contribution in [0.1, 0.15) is 28.9 Å². The van der Waals surface area contributed by atoms with E-state index in [1.165, 1.54) is 12.5 Å². The molecule has 0 spiro atoms. The van der Waals surface area contributed by atoms with E-state index in [1.807, 2.05) is 0 Å². The molecule has 0 bridgehead atoms. The zero-order valence-electron chi connectivity index (χ0n) is 10.4. The summed E-state index contributed by atoms with van der Waals surface area (Å²) in [4.78, 5) is 29.9. The van der Waals surface area contributed by atoms with Gasteiger partial charge in [-0.2, -0.15) is 0 Å². The van der Waals surface area contributed by atoms with Crippen LogP contribution in [0.15, 0.2) is 12.5 Å². The van der Waals surface area contributed by atoms with Gasteiger partial charge in [0.2, 0.25) is 5.91 Å². The van der Waals surface area contributed by atoms with Crippen LogP contribution < -0.4 is 10.6 Å². The molecule has 3 N–H and O–H groups in total. The maximum absolute atomic E-state index is 11.3. The van der Waals surface area contributed by atoms with Gasteiger partial charge in [-0.15, -0.1) is 0 Å². The second-order valence-electron chi connectivity index (χ2n) is 4.43. The van der Waals surface area contributed by atoms with E-state index < -0.39 is 5.97 Å². The SMILES string of the molecule is O=C(O)c1cncnc1CNCCNC(=O)C1CC1. The smallest absolute Gasteiger partial charge is 0.339 e. The molecule has 7 heteroatoms. The number of amides is 1. The van der Waals surface area contributed by atoms with E-state index in [2.05, 4.69) is 20.6 Å². The van der Waals surface area contributed by atoms with Gasteiger partial charge in [-0.05, 0) is 12.8 Å². The molecule has 1 aromatic heterocycles. The van der Waals surface area contributed by atoms with E-state index in [0.717, 1.165) is 12.8 Å². The highest BCUT2D eigenvalue weighted by molar-refractivity contribution is 5.88. The predicted molar refractivity (Wildman–Crippen MR) is 66.4 cm³/mol. The summed E-state index contributed by atoms with van der Waals surface area (Å²) in [5.41, 5.74) is 0.535. The first-order valence-corrected chi connectivity index (χ1v) is 6.19. The fourth-order valence-corrected chi connectivity index (χ4v) is 1.65. The second kappa shape index (κ2) is 6.24. The number of nitrogens with one attached hydrogen (secondary N) is 2. The van der Waals surface area contributed by atoms with Gasteiger partial charge in [0.05, 0.1) is 5.69 Å². The number of hydrogen-bond donors (Lipinski definition) is 3. The van der Waals surface area contributed by atoms with Crippen LogP contribution in [-0.2, 0) is 11.3 Å². The standard InChI is InChI=1S/C12H16N4O3/c17-11(8-1-2-8)15-4-3-13-6-10-9(12(18)19)5-14-7-16-10/h5,7-8,13H,1-4,6H2,(H,15,17)(H,18,19). The molecule has 1 aromatic rings. The summed E-state index contributed by atoms with van der Waals surface area (Å²) in [6, 6.07) is 0. The number of carboxylic acids is 1. The van der Waals surface area contributed by atoms with Crippen LogP contribution in [0.4, 0.5) is 0 Å². The Bertz CT molecular complexity index is 474. The molecule has 0 aromatic carbocycles. The van der Waals surface area contributed by atoms with Crippen LogP contribution in [0.3, 0.4) is 0 Å². The van der Waals surface area contributed by atoms with Gasteiger partial charge in [0.25, 0.3) is 0 Å². The summed E-state index contributed by atoms with van der Waals surface area (Å²) in [5.74, 6) is -0.727. The van der Waals surface area contributed by atoms with Gasteiger partial charge in [0.1, 0.15) is 11.9 Å². The molecule has 1 aliphatic rings. The van der Waals surface area contributed by atoms with Crippen LogP contribution in [-0.4, -0.2) is 40.0 Å². The van der Waals surface area contributed by atoms with E-state index in [1.54, 1.807) is 0 Å². The van der Waals surface area contributed by atoms with Crippen molar-refractivity contribution in [3.63, 3.8) is 0 Å². The average molecular weight is 264 g/mol. The minimum Gasteiger partial charge on any atom is -0.478 e. The second-order valence-corrected chi connectivity index (χ2v) is 4.43. The molecular weight excluding hydrogens is 248 g/mol. The van der Waals surface area contributed by atoms with Crippen LogP contribution in [0, 0.1) is 5.92 Å². The lowest BCUT2D eigenvalue weighted by atomic mass is 10.2. The highest BCUT2D eigenvalue weighted by Gasteiger charge is 2.28.